The first-order chi connectivity index (χ1) is 8.61. The lowest BCUT2D eigenvalue weighted by Gasteiger charge is -2.17. The fourth-order valence-corrected chi connectivity index (χ4v) is 2.84. The minimum absolute atomic E-state index is 0.0279. The van der Waals surface area contributed by atoms with Gasteiger partial charge < -0.3 is 5.32 Å². The fourth-order valence-electron chi connectivity index (χ4n) is 2.44. The van der Waals surface area contributed by atoms with Crippen LogP contribution < -0.4 is 5.32 Å². The van der Waals surface area contributed by atoms with Gasteiger partial charge in [-0.25, -0.2) is 4.39 Å². The molecule has 1 aliphatic heterocycles. The van der Waals surface area contributed by atoms with Gasteiger partial charge in [-0.2, -0.15) is 0 Å². The van der Waals surface area contributed by atoms with E-state index in [0.717, 1.165) is 31.7 Å². The van der Waals surface area contributed by atoms with E-state index < -0.39 is 5.82 Å². The van der Waals surface area contributed by atoms with Gasteiger partial charge in [0, 0.05) is 13.1 Å². The predicted octanol–water partition coefficient (Wildman–Crippen LogP) is 3.17. The summed E-state index contributed by atoms with van der Waals surface area (Å²) in [4.78, 5) is 2.33. The number of hydrogen-bond donors (Lipinski definition) is 1. The van der Waals surface area contributed by atoms with Gasteiger partial charge in [-0.15, -0.1) is 0 Å². The molecule has 1 aliphatic rings. The zero-order valence-corrected chi connectivity index (χ0v) is 11.9. The summed E-state index contributed by atoms with van der Waals surface area (Å²) in [5.74, 6) is 0.226. The van der Waals surface area contributed by atoms with E-state index in [1.54, 1.807) is 6.07 Å². The van der Waals surface area contributed by atoms with Crippen molar-refractivity contribution >= 4 is 23.2 Å². The number of halogens is 3. The zero-order chi connectivity index (χ0) is 13.1. The normalized spacial score (nSPS) is 20.6. The molecule has 1 N–H and O–H groups in total. The van der Waals surface area contributed by atoms with Crippen molar-refractivity contribution in [2.24, 2.45) is 5.92 Å². The van der Waals surface area contributed by atoms with Gasteiger partial charge in [-0.05, 0) is 44.1 Å². The molecule has 0 amide bonds. The van der Waals surface area contributed by atoms with E-state index in [9.17, 15) is 4.39 Å². The number of benzene rings is 1. The Morgan fingerprint density at radius 3 is 2.89 bits per heavy atom. The van der Waals surface area contributed by atoms with Crippen molar-refractivity contribution < 1.29 is 4.39 Å². The summed E-state index contributed by atoms with van der Waals surface area (Å²) < 4.78 is 13.2. The standard InChI is InChI=1S/C13H17Cl2FN2/c1-17-6-9-4-5-18(7-9)8-10-2-3-11(16)13(15)12(10)14/h2-3,9,17H,4-8H2,1H3. The molecule has 0 aromatic heterocycles. The summed E-state index contributed by atoms with van der Waals surface area (Å²) >= 11 is 11.9. The van der Waals surface area contributed by atoms with Crippen LogP contribution in [-0.2, 0) is 6.54 Å². The molecule has 1 unspecified atom stereocenters. The maximum Gasteiger partial charge on any atom is 0.143 e. The summed E-state index contributed by atoms with van der Waals surface area (Å²) in [5.41, 5.74) is 0.896. The highest BCUT2D eigenvalue weighted by Crippen LogP contribution is 2.30. The number of rotatable bonds is 4. The molecular weight excluding hydrogens is 274 g/mol. The molecule has 1 saturated heterocycles. The monoisotopic (exact) mass is 290 g/mol. The van der Waals surface area contributed by atoms with Gasteiger partial charge in [0.25, 0.3) is 0 Å². The molecular formula is C13H17Cl2FN2. The van der Waals surface area contributed by atoms with E-state index in [4.69, 9.17) is 23.2 Å². The van der Waals surface area contributed by atoms with Crippen LogP contribution in [0.4, 0.5) is 4.39 Å². The van der Waals surface area contributed by atoms with Crippen LogP contribution in [0.2, 0.25) is 10.0 Å². The second-order valence-electron chi connectivity index (χ2n) is 4.78. The second kappa shape index (κ2) is 6.20. The second-order valence-corrected chi connectivity index (χ2v) is 5.54. The van der Waals surface area contributed by atoms with E-state index in [1.165, 1.54) is 12.5 Å². The molecule has 1 aromatic carbocycles. The predicted molar refractivity (Wildman–Crippen MR) is 73.7 cm³/mol. The molecule has 2 nitrogen and oxygen atoms in total. The van der Waals surface area contributed by atoms with E-state index in [-0.39, 0.29) is 5.02 Å². The van der Waals surface area contributed by atoms with Crippen molar-refractivity contribution in [2.75, 3.05) is 26.7 Å². The van der Waals surface area contributed by atoms with E-state index in [1.807, 2.05) is 7.05 Å². The molecule has 1 aromatic rings. The van der Waals surface area contributed by atoms with Crippen LogP contribution >= 0.6 is 23.2 Å². The van der Waals surface area contributed by atoms with Crippen molar-refractivity contribution in [1.29, 1.82) is 0 Å². The molecule has 100 valence electrons. The lowest BCUT2D eigenvalue weighted by molar-refractivity contribution is 0.315. The van der Waals surface area contributed by atoms with Crippen molar-refractivity contribution in [3.8, 4) is 0 Å². The van der Waals surface area contributed by atoms with Crippen molar-refractivity contribution in [2.45, 2.75) is 13.0 Å². The molecule has 0 bridgehead atoms. The van der Waals surface area contributed by atoms with E-state index in [2.05, 4.69) is 10.2 Å². The molecule has 0 saturated carbocycles. The van der Waals surface area contributed by atoms with Gasteiger partial charge in [0.2, 0.25) is 0 Å². The van der Waals surface area contributed by atoms with Crippen LogP contribution in [0, 0.1) is 11.7 Å². The molecule has 0 spiro atoms. The van der Waals surface area contributed by atoms with Gasteiger partial charge in [0.15, 0.2) is 0 Å². The Labute approximate surface area is 117 Å². The van der Waals surface area contributed by atoms with Gasteiger partial charge in [0.1, 0.15) is 5.82 Å². The van der Waals surface area contributed by atoms with Gasteiger partial charge >= 0.3 is 0 Å². The molecule has 0 radical (unpaired) electrons. The minimum Gasteiger partial charge on any atom is -0.319 e. The first-order valence-electron chi connectivity index (χ1n) is 6.11. The quantitative estimate of drug-likeness (QED) is 0.857. The summed E-state index contributed by atoms with van der Waals surface area (Å²) in [6, 6.07) is 3.10. The topological polar surface area (TPSA) is 15.3 Å². The van der Waals surface area contributed by atoms with Gasteiger partial charge in [-0.1, -0.05) is 29.3 Å². The van der Waals surface area contributed by atoms with Crippen molar-refractivity contribution in [3.05, 3.63) is 33.6 Å². The molecule has 1 atom stereocenters. The highest BCUT2D eigenvalue weighted by Gasteiger charge is 2.22. The third-order valence-corrected chi connectivity index (χ3v) is 4.27. The number of nitrogens with zero attached hydrogens (tertiary/aromatic N) is 1. The first-order valence-corrected chi connectivity index (χ1v) is 6.86. The Balaban J connectivity index is 2.01. The van der Waals surface area contributed by atoms with Gasteiger partial charge in [0.05, 0.1) is 10.0 Å². The van der Waals surface area contributed by atoms with Crippen LogP contribution in [-0.4, -0.2) is 31.6 Å². The molecule has 2 rings (SSSR count). The Morgan fingerprint density at radius 1 is 1.39 bits per heavy atom. The van der Waals surface area contributed by atoms with Crippen LogP contribution in [0.25, 0.3) is 0 Å². The Hall–Kier alpha value is -0.350. The Morgan fingerprint density at radius 2 is 2.17 bits per heavy atom. The number of likely N-dealkylation sites (tertiary alicyclic amines) is 1. The summed E-state index contributed by atoms with van der Waals surface area (Å²) in [5, 5.41) is 3.57. The summed E-state index contributed by atoms with van der Waals surface area (Å²) in [7, 11) is 1.97. The molecule has 1 heterocycles. The average Bonchev–Trinajstić information content (AvgIpc) is 2.78. The third kappa shape index (κ3) is 3.15. The maximum absolute atomic E-state index is 13.2. The first kappa shape index (κ1) is 14.1. The SMILES string of the molecule is CNCC1CCN(Cc2ccc(F)c(Cl)c2Cl)C1. The number of hydrogen-bond acceptors (Lipinski definition) is 2. The fraction of sp³-hybridized carbons (Fsp3) is 0.538. The molecule has 5 heteroatoms. The van der Waals surface area contributed by atoms with Crippen molar-refractivity contribution in [3.63, 3.8) is 0 Å². The highest BCUT2D eigenvalue weighted by atomic mass is 35.5. The van der Waals surface area contributed by atoms with Gasteiger partial charge in [-0.3, -0.25) is 4.90 Å². The number of nitrogens with one attached hydrogen (secondary N) is 1. The summed E-state index contributed by atoms with van der Waals surface area (Å²) in [6.07, 6.45) is 1.19. The smallest absolute Gasteiger partial charge is 0.143 e. The Kier molecular flexibility index (Phi) is 4.84. The molecule has 18 heavy (non-hydrogen) atoms. The van der Waals surface area contributed by atoms with Crippen LogP contribution in [0.15, 0.2) is 12.1 Å². The maximum atomic E-state index is 13.2. The van der Waals surface area contributed by atoms with E-state index in [0.29, 0.717) is 10.9 Å². The van der Waals surface area contributed by atoms with E-state index >= 15 is 0 Å². The molecule has 0 aliphatic carbocycles. The largest absolute Gasteiger partial charge is 0.319 e. The zero-order valence-electron chi connectivity index (χ0n) is 10.3. The van der Waals surface area contributed by atoms with Crippen LogP contribution in [0.3, 0.4) is 0 Å². The van der Waals surface area contributed by atoms with Crippen molar-refractivity contribution in [1.82, 2.24) is 10.2 Å². The molecule has 1 fully saturated rings. The minimum atomic E-state index is -0.458. The Bertz CT molecular complexity index is 426. The average molecular weight is 291 g/mol. The third-order valence-electron chi connectivity index (χ3n) is 3.37. The van der Waals surface area contributed by atoms with Crippen LogP contribution in [0.5, 0.6) is 0 Å². The lowest BCUT2D eigenvalue weighted by Crippen LogP contribution is -2.24. The van der Waals surface area contributed by atoms with Crippen LogP contribution in [0.1, 0.15) is 12.0 Å². The summed E-state index contributed by atoms with van der Waals surface area (Å²) in [6.45, 7) is 3.87. The lowest BCUT2D eigenvalue weighted by atomic mass is 10.1. The highest BCUT2D eigenvalue weighted by molar-refractivity contribution is 6.42.